The summed E-state index contributed by atoms with van der Waals surface area (Å²) in [5, 5.41) is 3.45. The van der Waals surface area contributed by atoms with Crippen molar-refractivity contribution in [3.63, 3.8) is 0 Å². The summed E-state index contributed by atoms with van der Waals surface area (Å²) in [4.78, 5) is 4.91. The van der Waals surface area contributed by atoms with Crippen molar-refractivity contribution >= 4 is 5.69 Å². The van der Waals surface area contributed by atoms with Gasteiger partial charge in [-0.1, -0.05) is 6.07 Å². The number of hydrogen-bond acceptors (Lipinski definition) is 4. The second-order valence-electron chi connectivity index (χ2n) is 5.72. The summed E-state index contributed by atoms with van der Waals surface area (Å²) >= 11 is 0. The lowest BCUT2D eigenvalue weighted by atomic mass is 10.1. The van der Waals surface area contributed by atoms with Crippen LogP contribution in [0.1, 0.15) is 12.5 Å². The van der Waals surface area contributed by atoms with Gasteiger partial charge in [0, 0.05) is 32.7 Å². The molecule has 2 aliphatic rings. The standard InChI is InChI=1S/C15H23N3O/c1-12-10-16-14-9-13(3-4-15(14)19-12)11-18-7-5-17(2)6-8-18/h3-4,9,12,16H,5-8,10-11H2,1-2H3. The highest BCUT2D eigenvalue weighted by Crippen LogP contribution is 2.30. The van der Waals surface area contributed by atoms with Crippen molar-refractivity contribution in [2.75, 3.05) is 45.1 Å². The molecule has 1 aromatic rings. The molecule has 3 rings (SSSR count). The largest absolute Gasteiger partial charge is 0.487 e. The summed E-state index contributed by atoms with van der Waals surface area (Å²) < 4.78 is 5.81. The Hall–Kier alpha value is -1.26. The van der Waals surface area contributed by atoms with Gasteiger partial charge in [0.05, 0.1) is 12.2 Å². The summed E-state index contributed by atoms with van der Waals surface area (Å²) in [7, 11) is 2.19. The molecule has 2 aliphatic heterocycles. The Morgan fingerprint density at radius 3 is 2.84 bits per heavy atom. The molecule has 1 fully saturated rings. The number of nitrogens with zero attached hydrogens (tertiary/aromatic N) is 2. The molecule has 104 valence electrons. The van der Waals surface area contributed by atoms with Crippen LogP contribution < -0.4 is 10.1 Å². The summed E-state index contributed by atoms with van der Waals surface area (Å²) in [6, 6.07) is 6.53. The fourth-order valence-corrected chi connectivity index (χ4v) is 2.69. The molecule has 1 aromatic carbocycles. The lowest BCUT2D eigenvalue weighted by Crippen LogP contribution is -2.43. The third-order valence-electron chi connectivity index (χ3n) is 3.95. The molecule has 0 saturated carbocycles. The predicted octanol–water partition coefficient (Wildman–Crippen LogP) is 1.63. The van der Waals surface area contributed by atoms with Crippen LogP contribution in [0.5, 0.6) is 5.75 Å². The van der Waals surface area contributed by atoms with Gasteiger partial charge < -0.3 is 15.0 Å². The number of ether oxygens (including phenoxy) is 1. The van der Waals surface area contributed by atoms with Gasteiger partial charge in [-0.15, -0.1) is 0 Å². The van der Waals surface area contributed by atoms with E-state index >= 15 is 0 Å². The van der Waals surface area contributed by atoms with Crippen LogP contribution in [0.4, 0.5) is 5.69 Å². The minimum atomic E-state index is 0.260. The molecule has 2 heterocycles. The van der Waals surface area contributed by atoms with E-state index in [0.717, 1.165) is 37.6 Å². The molecule has 0 spiro atoms. The minimum absolute atomic E-state index is 0.260. The van der Waals surface area contributed by atoms with Crippen LogP contribution in [0.2, 0.25) is 0 Å². The lowest BCUT2D eigenvalue weighted by Gasteiger charge is -2.32. The van der Waals surface area contributed by atoms with Crippen LogP contribution in [0, 0.1) is 0 Å². The number of hydrogen-bond donors (Lipinski definition) is 1. The van der Waals surface area contributed by atoms with Gasteiger partial charge in [0.15, 0.2) is 0 Å². The molecule has 4 nitrogen and oxygen atoms in total. The SMILES string of the molecule is CC1CNc2cc(CN3CCN(C)CC3)ccc2O1. The first-order chi connectivity index (χ1) is 9.20. The van der Waals surface area contributed by atoms with Crippen molar-refractivity contribution in [2.24, 2.45) is 0 Å². The zero-order chi connectivity index (χ0) is 13.2. The van der Waals surface area contributed by atoms with Crippen molar-refractivity contribution in [1.29, 1.82) is 0 Å². The highest BCUT2D eigenvalue weighted by Gasteiger charge is 2.17. The first-order valence-electron chi connectivity index (χ1n) is 7.15. The number of likely N-dealkylation sites (N-methyl/N-ethyl adjacent to an activating group) is 1. The van der Waals surface area contributed by atoms with Crippen LogP contribution in [-0.2, 0) is 6.54 Å². The van der Waals surface area contributed by atoms with Gasteiger partial charge in [0.25, 0.3) is 0 Å². The molecule has 1 saturated heterocycles. The molecule has 1 N–H and O–H groups in total. The van der Waals surface area contributed by atoms with Gasteiger partial charge in [-0.3, -0.25) is 4.90 Å². The molecule has 0 aromatic heterocycles. The van der Waals surface area contributed by atoms with E-state index in [1.165, 1.54) is 18.7 Å². The maximum Gasteiger partial charge on any atom is 0.142 e. The monoisotopic (exact) mass is 261 g/mol. The summed E-state index contributed by atoms with van der Waals surface area (Å²) in [6.07, 6.45) is 0.260. The van der Waals surface area contributed by atoms with Gasteiger partial charge in [0.1, 0.15) is 11.9 Å². The number of fused-ring (bicyclic) bond motifs is 1. The molecular formula is C15H23N3O. The molecule has 0 aliphatic carbocycles. The van der Waals surface area contributed by atoms with Gasteiger partial charge in [-0.05, 0) is 31.7 Å². The number of benzene rings is 1. The van der Waals surface area contributed by atoms with E-state index in [9.17, 15) is 0 Å². The maximum atomic E-state index is 5.81. The summed E-state index contributed by atoms with van der Waals surface area (Å²) in [5.74, 6) is 0.987. The highest BCUT2D eigenvalue weighted by molar-refractivity contribution is 5.59. The zero-order valence-corrected chi connectivity index (χ0v) is 11.9. The molecule has 0 amide bonds. The number of nitrogens with one attached hydrogen (secondary N) is 1. The van der Waals surface area contributed by atoms with E-state index in [2.05, 4.69) is 47.3 Å². The fraction of sp³-hybridized carbons (Fsp3) is 0.600. The van der Waals surface area contributed by atoms with Crippen molar-refractivity contribution in [1.82, 2.24) is 9.80 Å². The Labute approximate surface area is 115 Å². The first kappa shape index (κ1) is 12.8. The van der Waals surface area contributed by atoms with Crippen LogP contribution >= 0.6 is 0 Å². The van der Waals surface area contributed by atoms with E-state index in [0.29, 0.717) is 0 Å². The van der Waals surface area contributed by atoms with Gasteiger partial charge >= 0.3 is 0 Å². The van der Waals surface area contributed by atoms with Crippen LogP contribution in [0.25, 0.3) is 0 Å². The number of rotatable bonds is 2. The highest BCUT2D eigenvalue weighted by atomic mass is 16.5. The molecule has 19 heavy (non-hydrogen) atoms. The third-order valence-corrected chi connectivity index (χ3v) is 3.95. The van der Waals surface area contributed by atoms with Gasteiger partial charge in [-0.2, -0.15) is 0 Å². The molecule has 0 radical (unpaired) electrons. The van der Waals surface area contributed by atoms with Crippen LogP contribution in [-0.4, -0.2) is 55.7 Å². The second kappa shape index (κ2) is 5.39. The molecule has 0 bridgehead atoms. The average Bonchev–Trinajstić information content (AvgIpc) is 2.42. The molecule has 1 atom stereocenters. The van der Waals surface area contributed by atoms with Crippen molar-refractivity contribution < 1.29 is 4.74 Å². The predicted molar refractivity (Wildman–Crippen MR) is 77.8 cm³/mol. The van der Waals surface area contributed by atoms with E-state index in [1.807, 2.05) is 0 Å². The summed E-state index contributed by atoms with van der Waals surface area (Å²) in [6.45, 7) is 8.69. The number of anilines is 1. The van der Waals surface area contributed by atoms with Gasteiger partial charge in [0.2, 0.25) is 0 Å². The average molecular weight is 261 g/mol. The quantitative estimate of drug-likeness (QED) is 0.875. The van der Waals surface area contributed by atoms with E-state index < -0.39 is 0 Å². The Kier molecular flexibility index (Phi) is 3.62. The zero-order valence-electron chi connectivity index (χ0n) is 11.9. The van der Waals surface area contributed by atoms with Gasteiger partial charge in [-0.25, -0.2) is 0 Å². The lowest BCUT2D eigenvalue weighted by molar-refractivity contribution is 0.148. The Morgan fingerprint density at radius 2 is 2.05 bits per heavy atom. The first-order valence-corrected chi connectivity index (χ1v) is 7.15. The van der Waals surface area contributed by atoms with Crippen LogP contribution in [0.3, 0.4) is 0 Å². The number of piperazine rings is 1. The Balaban J connectivity index is 1.66. The Bertz CT molecular complexity index is 441. The van der Waals surface area contributed by atoms with Crippen molar-refractivity contribution in [3.05, 3.63) is 23.8 Å². The van der Waals surface area contributed by atoms with E-state index in [1.54, 1.807) is 0 Å². The third kappa shape index (κ3) is 3.01. The normalized spacial score (nSPS) is 24.4. The topological polar surface area (TPSA) is 27.7 Å². The summed E-state index contributed by atoms with van der Waals surface area (Å²) in [5.41, 5.74) is 2.51. The van der Waals surface area contributed by atoms with Crippen LogP contribution in [0.15, 0.2) is 18.2 Å². The Morgan fingerprint density at radius 1 is 1.26 bits per heavy atom. The minimum Gasteiger partial charge on any atom is -0.487 e. The second-order valence-corrected chi connectivity index (χ2v) is 5.72. The van der Waals surface area contributed by atoms with E-state index in [4.69, 9.17) is 4.74 Å². The maximum absolute atomic E-state index is 5.81. The fourth-order valence-electron chi connectivity index (χ4n) is 2.69. The van der Waals surface area contributed by atoms with Crippen molar-refractivity contribution in [2.45, 2.75) is 19.6 Å². The molecular weight excluding hydrogens is 238 g/mol. The smallest absolute Gasteiger partial charge is 0.142 e. The van der Waals surface area contributed by atoms with E-state index in [-0.39, 0.29) is 6.10 Å². The van der Waals surface area contributed by atoms with Crippen molar-refractivity contribution in [3.8, 4) is 5.75 Å². The molecule has 1 unspecified atom stereocenters. The molecule has 4 heteroatoms.